The van der Waals surface area contributed by atoms with Crippen molar-refractivity contribution in [1.29, 1.82) is 0 Å². The van der Waals surface area contributed by atoms with Crippen LogP contribution in [-0.4, -0.2) is 19.1 Å². The molecule has 0 saturated carbocycles. The Bertz CT molecular complexity index is 1760. The summed E-state index contributed by atoms with van der Waals surface area (Å²) in [6.07, 6.45) is 0. The molecular formula is C37H31N3. The molecule has 1 heterocycles. The van der Waals surface area contributed by atoms with Crippen molar-refractivity contribution >= 4 is 11.4 Å². The van der Waals surface area contributed by atoms with Crippen molar-refractivity contribution < 1.29 is 0 Å². The number of nitrogens with one attached hydrogen (secondary N) is 2. The predicted octanol–water partition coefficient (Wildman–Crippen LogP) is 9.50. The second-order valence-electron chi connectivity index (χ2n) is 9.81. The normalized spacial score (nSPS) is 10.8. The Morgan fingerprint density at radius 3 is 1.38 bits per heavy atom. The van der Waals surface area contributed by atoms with Crippen LogP contribution in [0.3, 0.4) is 0 Å². The van der Waals surface area contributed by atoms with Crippen molar-refractivity contribution in [2.75, 3.05) is 24.7 Å². The van der Waals surface area contributed by atoms with Crippen LogP contribution in [0.1, 0.15) is 0 Å². The van der Waals surface area contributed by atoms with E-state index in [1.165, 1.54) is 16.7 Å². The summed E-state index contributed by atoms with van der Waals surface area (Å²) in [5.74, 6) is 0. The second-order valence-corrected chi connectivity index (χ2v) is 9.81. The lowest BCUT2D eigenvalue weighted by atomic mass is 9.96. The van der Waals surface area contributed by atoms with Crippen molar-refractivity contribution in [2.45, 2.75) is 0 Å². The first kappa shape index (κ1) is 25.1. The Labute approximate surface area is 236 Å². The van der Waals surface area contributed by atoms with E-state index in [4.69, 9.17) is 4.98 Å². The Morgan fingerprint density at radius 1 is 0.350 bits per heavy atom. The van der Waals surface area contributed by atoms with Gasteiger partial charge < -0.3 is 10.6 Å². The number of hydrogen-bond acceptors (Lipinski definition) is 3. The molecule has 0 aliphatic rings. The molecule has 194 valence electrons. The van der Waals surface area contributed by atoms with E-state index in [1.54, 1.807) is 0 Å². The van der Waals surface area contributed by atoms with Crippen LogP contribution in [0.15, 0.2) is 140 Å². The minimum Gasteiger partial charge on any atom is -0.388 e. The molecule has 6 aromatic rings. The highest BCUT2D eigenvalue weighted by Gasteiger charge is 2.11. The number of anilines is 2. The minimum atomic E-state index is 0.944. The van der Waals surface area contributed by atoms with E-state index in [0.29, 0.717) is 0 Å². The van der Waals surface area contributed by atoms with Crippen molar-refractivity contribution in [1.82, 2.24) is 4.98 Å². The maximum Gasteiger partial charge on any atom is 0.0716 e. The SMILES string of the molecule is CNc1cccc(-c2cccc(-c3cc(-c4ccc(-c5ccccc5)cc4)cc(-c4cccc(NC)c4)n3)c2)c1. The summed E-state index contributed by atoms with van der Waals surface area (Å²) in [4.78, 5) is 5.17. The van der Waals surface area contributed by atoms with Gasteiger partial charge in [0.2, 0.25) is 0 Å². The molecule has 3 nitrogen and oxygen atoms in total. The molecule has 6 rings (SSSR count). The lowest BCUT2D eigenvalue weighted by molar-refractivity contribution is 1.32. The first-order chi connectivity index (χ1) is 19.7. The van der Waals surface area contributed by atoms with E-state index in [-0.39, 0.29) is 0 Å². The first-order valence-corrected chi connectivity index (χ1v) is 13.5. The van der Waals surface area contributed by atoms with Crippen LogP contribution in [-0.2, 0) is 0 Å². The summed E-state index contributed by atoms with van der Waals surface area (Å²) in [7, 11) is 3.89. The van der Waals surface area contributed by atoms with Crippen LogP contribution in [0.2, 0.25) is 0 Å². The van der Waals surface area contributed by atoms with Crippen LogP contribution in [0.25, 0.3) is 55.9 Å². The zero-order valence-electron chi connectivity index (χ0n) is 22.7. The van der Waals surface area contributed by atoms with Crippen LogP contribution in [0.5, 0.6) is 0 Å². The molecule has 0 unspecified atom stereocenters. The van der Waals surface area contributed by atoms with E-state index in [0.717, 1.165) is 50.6 Å². The minimum absolute atomic E-state index is 0.944. The molecule has 5 aromatic carbocycles. The lowest BCUT2D eigenvalue weighted by Gasteiger charge is -2.13. The molecule has 1 aromatic heterocycles. The summed E-state index contributed by atoms with van der Waals surface area (Å²) < 4.78 is 0. The van der Waals surface area contributed by atoms with Crippen LogP contribution in [0.4, 0.5) is 11.4 Å². The average Bonchev–Trinajstić information content (AvgIpc) is 3.05. The molecule has 0 radical (unpaired) electrons. The fraction of sp³-hybridized carbons (Fsp3) is 0.0541. The molecular weight excluding hydrogens is 486 g/mol. The van der Waals surface area contributed by atoms with Gasteiger partial charge in [-0.2, -0.15) is 0 Å². The Morgan fingerprint density at radius 2 is 0.775 bits per heavy atom. The smallest absolute Gasteiger partial charge is 0.0716 e. The van der Waals surface area contributed by atoms with Gasteiger partial charge in [0.05, 0.1) is 11.4 Å². The van der Waals surface area contributed by atoms with Crippen molar-refractivity contribution in [3.63, 3.8) is 0 Å². The van der Waals surface area contributed by atoms with Gasteiger partial charge in [0, 0.05) is 36.6 Å². The third-order valence-corrected chi connectivity index (χ3v) is 7.24. The van der Waals surface area contributed by atoms with Gasteiger partial charge in [-0.25, -0.2) is 4.98 Å². The number of aromatic nitrogens is 1. The maximum absolute atomic E-state index is 5.17. The van der Waals surface area contributed by atoms with Gasteiger partial charge in [0.1, 0.15) is 0 Å². The van der Waals surface area contributed by atoms with Gasteiger partial charge >= 0.3 is 0 Å². The average molecular weight is 518 g/mol. The van der Waals surface area contributed by atoms with E-state index in [2.05, 4.69) is 144 Å². The van der Waals surface area contributed by atoms with E-state index in [9.17, 15) is 0 Å². The zero-order chi connectivity index (χ0) is 27.3. The summed E-state index contributed by atoms with van der Waals surface area (Å²) in [5.41, 5.74) is 13.2. The van der Waals surface area contributed by atoms with Gasteiger partial charge in [-0.15, -0.1) is 0 Å². The molecule has 0 spiro atoms. The van der Waals surface area contributed by atoms with E-state index < -0.39 is 0 Å². The van der Waals surface area contributed by atoms with Gasteiger partial charge in [0.15, 0.2) is 0 Å². The highest BCUT2D eigenvalue weighted by Crippen LogP contribution is 2.34. The van der Waals surface area contributed by atoms with Crippen molar-refractivity contribution in [2.24, 2.45) is 0 Å². The number of benzene rings is 5. The third kappa shape index (κ3) is 5.36. The molecule has 2 N–H and O–H groups in total. The molecule has 0 aliphatic heterocycles. The van der Waals surface area contributed by atoms with Crippen molar-refractivity contribution in [3.8, 4) is 55.9 Å². The topological polar surface area (TPSA) is 37.0 Å². The first-order valence-electron chi connectivity index (χ1n) is 13.5. The Kier molecular flexibility index (Phi) is 7.11. The zero-order valence-corrected chi connectivity index (χ0v) is 22.7. The maximum atomic E-state index is 5.17. The molecule has 0 fully saturated rings. The summed E-state index contributed by atoms with van der Waals surface area (Å²) >= 11 is 0. The molecule has 0 amide bonds. The molecule has 0 atom stereocenters. The Hall–Kier alpha value is -5.15. The van der Waals surface area contributed by atoms with E-state index >= 15 is 0 Å². The fourth-order valence-electron chi connectivity index (χ4n) is 5.03. The van der Waals surface area contributed by atoms with Crippen LogP contribution < -0.4 is 10.6 Å². The summed E-state index contributed by atoms with van der Waals surface area (Å²) in [6.45, 7) is 0. The number of hydrogen-bond donors (Lipinski definition) is 2. The monoisotopic (exact) mass is 517 g/mol. The molecule has 0 bridgehead atoms. The lowest BCUT2D eigenvalue weighted by Crippen LogP contribution is -1.93. The number of nitrogens with zero attached hydrogens (tertiary/aromatic N) is 1. The quantitative estimate of drug-likeness (QED) is 0.221. The van der Waals surface area contributed by atoms with Crippen LogP contribution in [0, 0.1) is 0 Å². The predicted molar refractivity (Wildman–Crippen MR) is 171 cm³/mol. The largest absolute Gasteiger partial charge is 0.388 e. The fourth-order valence-corrected chi connectivity index (χ4v) is 5.03. The number of pyridine rings is 1. The Balaban J connectivity index is 1.46. The standard InChI is InChI=1S/C37H31N3/c1-38-34-15-7-12-30(22-34)29-11-6-13-31(21-29)36-24-33(25-37(40-36)32-14-8-16-35(23-32)39-2)28-19-17-27(18-20-28)26-9-4-3-5-10-26/h3-25,38-39H,1-2H3. The molecule has 3 heteroatoms. The molecule has 40 heavy (non-hydrogen) atoms. The molecule has 0 saturated heterocycles. The summed E-state index contributed by atoms with van der Waals surface area (Å²) in [5, 5.41) is 6.49. The van der Waals surface area contributed by atoms with Gasteiger partial charge in [-0.3, -0.25) is 0 Å². The molecule has 0 aliphatic carbocycles. The summed E-state index contributed by atoms with van der Waals surface area (Å²) in [6, 6.07) is 49.2. The van der Waals surface area contributed by atoms with Gasteiger partial charge in [-0.05, 0) is 75.8 Å². The van der Waals surface area contributed by atoms with Gasteiger partial charge in [0.25, 0.3) is 0 Å². The van der Waals surface area contributed by atoms with Crippen molar-refractivity contribution in [3.05, 3.63) is 140 Å². The van der Waals surface area contributed by atoms with Gasteiger partial charge in [-0.1, -0.05) is 97.1 Å². The van der Waals surface area contributed by atoms with Crippen LogP contribution >= 0.6 is 0 Å². The third-order valence-electron chi connectivity index (χ3n) is 7.24. The second kappa shape index (κ2) is 11.3. The highest BCUT2D eigenvalue weighted by molar-refractivity contribution is 5.80. The number of rotatable bonds is 7. The van der Waals surface area contributed by atoms with E-state index in [1.807, 2.05) is 20.2 Å². The highest BCUT2D eigenvalue weighted by atomic mass is 14.8.